The van der Waals surface area contributed by atoms with Crippen molar-refractivity contribution in [2.75, 3.05) is 13.7 Å². The third-order valence-electron chi connectivity index (χ3n) is 3.84. The van der Waals surface area contributed by atoms with Gasteiger partial charge in [-0.15, -0.1) is 0 Å². The summed E-state index contributed by atoms with van der Waals surface area (Å²) in [5.41, 5.74) is 1.93. The molecule has 1 aliphatic heterocycles. The highest BCUT2D eigenvalue weighted by molar-refractivity contribution is 5.60. The summed E-state index contributed by atoms with van der Waals surface area (Å²) in [6.07, 6.45) is 6.19. The molecule has 1 aliphatic rings. The van der Waals surface area contributed by atoms with E-state index in [9.17, 15) is 0 Å². The van der Waals surface area contributed by atoms with E-state index in [1.54, 1.807) is 13.3 Å². The van der Waals surface area contributed by atoms with Crippen molar-refractivity contribution in [3.8, 4) is 28.5 Å². The minimum Gasteiger partial charge on any atom is -0.497 e. The first-order valence-corrected chi connectivity index (χ1v) is 7.53. The van der Waals surface area contributed by atoms with Crippen LogP contribution in [0.3, 0.4) is 0 Å². The summed E-state index contributed by atoms with van der Waals surface area (Å²) in [4.78, 5) is 4.36. The smallest absolute Gasteiger partial charge is 0.226 e. The quantitative estimate of drug-likeness (QED) is 0.537. The molecule has 1 aromatic carbocycles. The number of pyridine rings is 1. The lowest BCUT2D eigenvalue weighted by molar-refractivity contribution is -0.698. The van der Waals surface area contributed by atoms with Gasteiger partial charge in [-0.1, -0.05) is 0 Å². The Morgan fingerprint density at radius 3 is 2.52 bits per heavy atom. The van der Waals surface area contributed by atoms with Crippen LogP contribution in [0.2, 0.25) is 0 Å². The highest BCUT2D eigenvalue weighted by atomic mass is 16.6. The zero-order valence-corrected chi connectivity index (χ0v) is 12.8. The minimum atomic E-state index is 0.373. The van der Waals surface area contributed by atoms with E-state index in [-0.39, 0.29) is 0 Å². The van der Waals surface area contributed by atoms with Crippen LogP contribution < -0.4 is 9.30 Å². The molecule has 0 bridgehead atoms. The van der Waals surface area contributed by atoms with E-state index in [0.29, 0.717) is 12.0 Å². The Labute approximate surface area is 134 Å². The molecule has 5 nitrogen and oxygen atoms in total. The number of aromatic nitrogens is 2. The van der Waals surface area contributed by atoms with Crippen molar-refractivity contribution in [3.63, 3.8) is 0 Å². The summed E-state index contributed by atoms with van der Waals surface area (Å²) in [5, 5.41) is 0. The maximum Gasteiger partial charge on any atom is 0.226 e. The molecule has 0 N–H and O–H groups in total. The van der Waals surface area contributed by atoms with E-state index in [2.05, 4.69) is 9.55 Å². The van der Waals surface area contributed by atoms with Gasteiger partial charge in [0.2, 0.25) is 5.89 Å². The summed E-state index contributed by atoms with van der Waals surface area (Å²) in [5.74, 6) is 2.17. The number of rotatable bonds is 5. The second-order valence-corrected chi connectivity index (χ2v) is 5.50. The Balaban J connectivity index is 1.54. The lowest BCUT2D eigenvalue weighted by Gasteiger charge is -2.00. The van der Waals surface area contributed by atoms with Crippen LogP contribution in [-0.2, 0) is 11.3 Å². The molecule has 3 aromatic rings. The third-order valence-corrected chi connectivity index (χ3v) is 3.84. The molecule has 1 fully saturated rings. The largest absolute Gasteiger partial charge is 0.497 e. The first kappa shape index (κ1) is 14.0. The van der Waals surface area contributed by atoms with E-state index in [0.717, 1.165) is 35.8 Å². The molecule has 5 heteroatoms. The summed E-state index contributed by atoms with van der Waals surface area (Å²) in [7, 11) is 1.65. The third kappa shape index (κ3) is 3.10. The van der Waals surface area contributed by atoms with Crippen molar-refractivity contribution in [3.05, 3.63) is 55.0 Å². The van der Waals surface area contributed by atoms with Crippen LogP contribution >= 0.6 is 0 Å². The predicted octanol–water partition coefficient (Wildman–Crippen LogP) is 2.70. The molecule has 3 heterocycles. The minimum absolute atomic E-state index is 0.373. The first-order chi connectivity index (χ1) is 11.3. The number of methoxy groups -OCH3 is 1. The van der Waals surface area contributed by atoms with Crippen LogP contribution in [0, 0.1) is 0 Å². The van der Waals surface area contributed by atoms with E-state index in [4.69, 9.17) is 13.9 Å². The zero-order valence-electron chi connectivity index (χ0n) is 12.8. The van der Waals surface area contributed by atoms with Gasteiger partial charge in [0.1, 0.15) is 11.9 Å². The molecular formula is C18H17N2O3+. The molecule has 4 rings (SSSR count). The molecule has 1 atom stereocenters. The SMILES string of the molecule is COc1ccc(-c2ncc(-c3cc[n+](CC4CO4)cc3)o2)cc1. The topological polar surface area (TPSA) is 51.7 Å². The van der Waals surface area contributed by atoms with Crippen LogP contribution in [0.5, 0.6) is 5.75 Å². The summed E-state index contributed by atoms with van der Waals surface area (Å²) < 4.78 is 18.4. The van der Waals surface area contributed by atoms with Gasteiger partial charge in [-0.25, -0.2) is 9.55 Å². The van der Waals surface area contributed by atoms with Crippen molar-refractivity contribution >= 4 is 0 Å². The average molecular weight is 309 g/mol. The maximum atomic E-state index is 5.88. The predicted molar refractivity (Wildman–Crippen MR) is 83.9 cm³/mol. The van der Waals surface area contributed by atoms with E-state index in [1.807, 2.05) is 48.8 Å². The van der Waals surface area contributed by atoms with Crippen molar-refractivity contribution in [2.45, 2.75) is 12.6 Å². The highest BCUT2D eigenvalue weighted by Crippen LogP contribution is 2.26. The fourth-order valence-electron chi connectivity index (χ4n) is 2.43. The van der Waals surface area contributed by atoms with Gasteiger partial charge in [0.05, 0.1) is 19.9 Å². The number of epoxide rings is 1. The normalized spacial score (nSPS) is 16.3. The van der Waals surface area contributed by atoms with E-state index < -0.39 is 0 Å². The summed E-state index contributed by atoms with van der Waals surface area (Å²) in [6.45, 7) is 1.76. The molecule has 0 spiro atoms. The van der Waals surface area contributed by atoms with Gasteiger partial charge in [-0.2, -0.15) is 0 Å². The van der Waals surface area contributed by atoms with Crippen molar-refractivity contribution in [1.29, 1.82) is 0 Å². The highest BCUT2D eigenvalue weighted by Gasteiger charge is 2.27. The van der Waals surface area contributed by atoms with Crippen molar-refractivity contribution in [2.24, 2.45) is 0 Å². The molecule has 116 valence electrons. The van der Waals surface area contributed by atoms with Gasteiger partial charge < -0.3 is 13.9 Å². The Morgan fingerprint density at radius 1 is 1.13 bits per heavy atom. The van der Waals surface area contributed by atoms with Crippen LogP contribution in [0.1, 0.15) is 0 Å². The molecular weight excluding hydrogens is 292 g/mol. The number of hydrogen-bond donors (Lipinski definition) is 0. The van der Waals surface area contributed by atoms with Gasteiger partial charge in [0, 0.05) is 23.3 Å². The Bertz CT molecular complexity index is 790. The number of benzene rings is 1. The Morgan fingerprint density at radius 2 is 1.87 bits per heavy atom. The molecule has 23 heavy (non-hydrogen) atoms. The molecule has 1 saturated heterocycles. The molecule has 0 saturated carbocycles. The molecule has 0 radical (unpaired) electrons. The summed E-state index contributed by atoms with van der Waals surface area (Å²) >= 11 is 0. The van der Waals surface area contributed by atoms with Crippen molar-refractivity contribution in [1.82, 2.24) is 4.98 Å². The molecule has 1 unspecified atom stereocenters. The average Bonchev–Trinajstić information content (AvgIpc) is 3.28. The number of hydrogen-bond acceptors (Lipinski definition) is 4. The van der Waals surface area contributed by atoms with Crippen LogP contribution in [0.15, 0.2) is 59.4 Å². The van der Waals surface area contributed by atoms with E-state index >= 15 is 0 Å². The summed E-state index contributed by atoms with van der Waals surface area (Å²) in [6, 6.07) is 11.7. The second kappa shape index (κ2) is 5.85. The van der Waals surface area contributed by atoms with Crippen LogP contribution in [0.25, 0.3) is 22.8 Å². The Kier molecular flexibility index (Phi) is 3.55. The van der Waals surface area contributed by atoms with Gasteiger partial charge in [-0.05, 0) is 24.3 Å². The molecule has 0 aliphatic carbocycles. The van der Waals surface area contributed by atoms with Gasteiger partial charge in [-0.3, -0.25) is 0 Å². The first-order valence-electron chi connectivity index (χ1n) is 7.53. The molecule has 2 aromatic heterocycles. The van der Waals surface area contributed by atoms with Gasteiger partial charge in [0.25, 0.3) is 0 Å². The molecule has 0 amide bonds. The second-order valence-electron chi connectivity index (χ2n) is 5.50. The zero-order chi connectivity index (χ0) is 15.6. The standard InChI is InChI=1S/C18H17N2O3/c1-21-15-4-2-14(3-5-15)18-19-10-17(23-18)13-6-8-20(9-7-13)11-16-12-22-16/h2-10,16H,11-12H2,1H3/q+1. The van der Waals surface area contributed by atoms with Crippen LogP contribution in [0.4, 0.5) is 0 Å². The maximum absolute atomic E-state index is 5.88. The lowest BCUT2D eigenvalue weighted by Crippen LogP contribution is -2.35. The monoisotopic (exact) mass is 309 g/mol. The van der Waals surface area contributed by atoms with Gasteiger partial charge in [0.15, 0.2) is 24.7 Å². The Hall–Kier alpha value is -2.66. The van der Waals surface area contributed by atoms with Gasteiger partial charge >= 0.3 is 0 Å². The van der Waals surface area contributed by atoms with Crippen molar-refractivity contribution < 1.29 is 18.5 Å². The lowest BCUT2D eigenvalue weighted by atomic mass is 10.2. The van der Waals surface area contributed by atoms with Crippen LogP contribution in [-0.4, -0.2) is 24.8 Å². The number of ether oxygens (including phenoxy) is 2. The number of oxazole rings is 1. The fraction of sp³-hybridized carbons (Fsp3) is 0.222. The fourth-order valence-corrected chi connectivity index (χ4v) is 2.43. The van der Waals surface area contributed by atoms with E-state index in [1.165, 1.54) is 0 Å². The number of nitrogens with zero attached hydrogens (tertiary/aromatic N) is 2.